The number of amides is 1. The Bertz CT molecular complexity index is 1160. The second-order valence-corrected chi connectivity index (χ2v) is 8.98. The van der Waals surface area contributed by atoms with E-state index in [1.54, 1.807) is 20.0 Å². The molecule has 4 rings (SSSR count). The number of aromatic nitrogens is 4. The Kier molecular flexibility index (Phi) is 4.77. The fraction of sp³-hybridized carbons (Fsp3) is 0.368. The first-order chi connectivity index (χ1) is 14.1. The minimum absolute atomic E-state index is 0.0734. The van der Waals surface area contributed by atoms with Crippen LogP contribution in [-0.4, -0.2) is 35.7 Å². The summed E-state index contributed by atoms with van der Waals surface area (Å²) in [5.74, 6) is 0.244. The van der Waals surface area contributed by atoms with E-state index in [2.05, 4.69) is 15.0 Å². The molecule has 3 N–H and O–H groups in total. The summed E-state index contributed by atoms with van der Waals surface area (Å²) >= 11 is -1.20. The Morgan fingerprint density at radius 3 is 2.57 bits per heavy atom. The number of hydrogen-bond donors (Lipinski definition) is 2. The van der Waals surface area contributed by atoms with E-state index in [9.17, 15) is 22.5 Å². The predicted octanol–water partition coefficient (Wildman–Crippen LogP) is 3.04. The second-order valence-electron chi connectivity index (χ2n) is 7.23. The maximum Gasteiger partial charge on any atom is 0.417 e. The van der Waals surface area contributed by atoms with Crippen molar-refractivity contribution in [1.82, 2.24) is 19.5 Å². The molecule has 0 aliphatic heterocycles. The maximum atomic E-state index is 13.0. The Labute approximate surface area is 172 Å². The number of aryl methyl sites for hydroxylation is 1. The van der Waals surface area contributed by atoms with Gasteiger partial charge in [-0.1, -0.05) is 0 Å². The molecule has 0 spiro atoms. The molecule has 1 unspecified atom stereocenters. The number of rotatable bonds is 5. The molecule has 0 radical (unpaired) electrons. The summed E-state index contributed by atoms with van der Waals surface area (Å²) in [6.45, 7) is 1.80. The lowest BCUT2D eigenvalue weighted by atomic mass is 9.97. The number of halogens is 3. The van der Waals surface area contributed by atoms with Crippen molar-refractivity contribution in [3.63, 3.8) is 0 Å². The Morgan fingerprint density at radius 1 is 1.30 bits per heavy atom. The summed E-state index contributed by atoms with van der Waals surface area (Å²) in [5, 5.41) is 0. The van der Waals surface area contributed by atoms with Gasteiger partial charge in [-0.15, -0.1) is 0 Å². The van der Waals surface area contributed by atoms with E-state index in [4.69, 9.17) is 5.73 Å². The summed E-state index contributed by atoms with van der Waals surface area (Å²) in [7, 11) is 1.62. The van der Waals surface area contributed by atoms with Crippen LogP contribution >= 0.6 is 0 Å². The van der Waals surface area contributed by atoms with Gasteiger partial charge < -0.3 is 10.3 Å². The minimum Gasteiger partial charge on any atom is -0.369 e. The highest BCUT2D eigenvalue weighted by molar-refractivity contribution is 7.91. The smallest absolute Gasteiger partial charge is 0.369 e. The molecule has 7 nitrogen and oxygen atoms in total. The quantitative estimate of drug-likeness (QED) is 0.596. The molecular weight excluding hydrogens is 419 g/mol. The van der Waals surface area contributed by atoms with Crippen molar-refractivity contribution in [2.24, 2.45) is 12.8 Å². The van der Waals surface area contributed by atoms with Crippen molar-refractivity contribution in [2.75, 3.05) is 5.75 Å². The van der Waals surface area contributed by atoms with Crippen LogP contribution < -0.4 is 5.73 Å². The van der Waals surface area contributed by atoms with Crippen LogP contribution in [0, 0.1) is 0 Å². The summed E-state index contributed by atoms with van der Waals surface area (Å²) < 4.78 is 51.2. The first kappa shape index (κ1) is 20.6. The molecule has 1 saturated carbocycles. The van der Waals surface area contributed by atoms with Gasteiger partial charge in [-0.3, -0.25) is 4.79 Å². The highest BCUT2D eigenvalue weighted by Crippen LogP contribution is 2.48. The lowest BCUT2D eigenvalue weighted by molar-refractivity contribution is -0.137. The molecular formula is C19H19F3N5O2S+. The number of nitrogens with two attached hydrogens (primary N) is 1. The molecule has 158 valence electrons. The van der Waals surface area contributed by atoms with Gasteiger partial charge in [-0.2, -0.15) is 17.7 Å². The Hall–Kier alpha value is -2.66. The van der Waals surface area contributed by atoms with E-state index < -0.39 is 34.2 Å². The van der Waals surface area contributed by atoms with Gasteiger partial charge in [0.05, 0.1) is 11.0 Å². The normalized spacial score (nSPS) is 16.6. The number of alkyl halides is 3. The van der Waals surface area contributed by atoms with E-state index in [1.165, 1.54) is 10.8 Å². The van der Waals surface area contributed by atoms with Crippen LogP contribution in [0.4, 0.5) is 13.2 Å². The first-order valence-electron chi connectivity index (χ1n) is 9.19. The third kappa shape index (κ3) is 3.21. The highest BCUT2D eigenvalue weighted by atomic mass is 32.2. The van der Waals surface area contributed by atoms with Crippen LogP contribution in [0.1, 0.15) is 30.9 Å². The van der Waals surface area contributed by atoms with Crippen LogP contribution in [0.2, 0.25) is 0 Å². The maximum absolute atomic E-state index is 13.0. The fourth-order valence-corrected chi connectivity index (χ4v) is 4.40. The minimum atomic E-state index is -4.53. The third-order valence-corrected chi connectivity index (χ3v) is 6.77. The van der Waals surface area contributed by atoms with Crippen molar-refractivity contribution < 1.29 is 22.5 Å². The largest absolute Gasteiger partial charge is 0.417 e. The fourth-order valence-electron chi connectivity index (χ4n) is 3.45. The molecule has 0 bridgehead atoms. The van der Waals surface area contributed by atoms with Crippen LogP contribution in [0.15, 0.2) is 29.4 Å². The van der Waals surface area contributed by atoms with Crippen molar-refractivity contribution in [3.05, 3.63) is 35.7 Å². The Morgan fingerprint density at radius 2 is 2.00 bits per heavy atom. The van der Waals surface area contributed by atoms with Gasteiger partial charge in [-0.05, 0) is 31.4 Å². The first-order valence-corrected chi connectivity index (χ1v) is 10.5. The summed E-state index contributed by atoms with van der Waals surface area (Å²) in [5.41, 5.74) is 5.19. The summed E-state index contributed by atoms with van der Waals surface area (Å²) in [6.07, 6.45) is -1.01. The molecule has 3 aromatic rings. The second kappa shape index (κ2) is 6.95. The van der Waals surface area contributed by atoms with Crippen LogP contribution in [-0.2, 0) is 34.6 Å². The Balaban J connectivity index is 1.88. The zero-order valence-electron chi connectivity index (χ0n) is 16.2. The highest BCUT2D eigenvalue weighted by Gasteiger charge is 2.51. The number of imidazole rings is 1. The van der Waals surface area contributed by atoms with Crippen molar-refractivity contribution in [3.8, 4) is 11.5 Å². The monoisotopic (exact) mass is 438 g/mol. The molecule has 1 atom stereocenters. The number of nitrogens with zero attached hydrogens (tertiary/aromatic N) is 4. The van der Waals surface area contributed by atoms with E-state index in [0.29, 0.717) is 34.7 Å². The molecule has 0 aromatic carbocycles. The molecule has 1 fully saturated rings. The molecule has 1 aliphatic rings. The van der Waals surface area contributed by atoms with Gasteiger partial charge >= 0.3 is 6.18 Å². The van der Waals surface area contributed by atoms with E-state index in [-0.39, 0.29) is 17.0 Å². The SMILES string of the molecule is CC[S+](O)c1cc(C2(C(N)=O)CC2)cnc1-c1nc2cc(C(F)(F)F)cnc2n1C. The summed E-state index contributed by atoms with van der Waals surface area (Å²) in [4.78, 5) is 25.0. The number of hydrogen-bond acceptors (Lipinski definition) is 5. The average molecular weight is 438 g/mol. The van der Waals surface area contributed by atoms with E-state index >= 15 is 0 Å². The number of pyridine rings is 2. The van der Waals surface area contributed by atoms with Crippen molar-refractivity contribution >= 4 is 28.2 Å². The van der Waals surface area contributed by atoms with Crippen molar-refractivity contribution in [2.45, 2.75) is 36.3 Å². The van der Waals surface area contributed by atoms with Gasteiger partial charge in [-0.25, -0.2) is 15.0 Å². The lowest BCUT2D eigenvalue weighted by Gasteiger charge is -2.13. The molecule has 0 saturated heterocycles. The summed E-state index contributed by atoms with van der Waals surface area (Å²) in [6, 6.07) is 2.64. The molecule has 11 heteroatoms. The van der Waals surface area contributed by atoms with Gasteiger partial charge in [0.15, 0.2) is 28.3 Å². The molecule has 3 heterocycles. The standard InChI is InChI=1S/C19H18F3N5O2S/c1-3-30(29)13-7-10(18(4-5-18)17(23)28)8-24-14(13)16-26-12-6-11(19(20,21)22)9-25-15(12)27(16)2/h6-9,29H,3-5H2,1-2H3,(H-,23,28)/p+1. The zero-order chi connectivity index (χ0) is 21.8. The number of carbonyl (C=O) groups excluding carboxylic acids is 1. The molecule has 3 aromatic heterocycles. The topological polar surface area (TPSA) is 107 Å². The van der Waals surface area contributed by atoms with Gasteiger partial charge in [0.1, 0.15) is 11.3 Å². The van der Waals surface area contributed by atoms with Gasteiger partial charge in [0.25, 0.3) is 0 Å². The predicted molar refractivity (Wildman–Crippen MR) is 106 cm³/mol. The van der Waals surface area contributed by atoms with Crippen LogP contribution in [0.25, 0.3) is 22.7 Å². The number of fused-ring (bicyclic) bond motifs is 1. The number of primary amides is 1. The molecule has 30 heavy (non-hydrogen) atoms. The van der Waals surface area contributed by atoms with E-state index in [0.717, 1.165) is 12.3 Å². The van der Waals surface area contributed by atoms with Crippen LogP contribution in [0.3, 0.4) is 0 Å². The molecule has 1 aliphatic carbocycles. The van der Waals surface area contributed by atoms with Crippen molar-refractivity contribution in [1.29, 1.82) is 0 Å². The lowest BCUT2D eigenvalue weighted by Crippen LogP contribution is -2.28. The van der Waals surface area contributed by atoms with E-state index in [1.807, 2.05) is 0 Å². The number of carbonyl (C=O) groups is 1. The average Bonchev–Trinajstić information content (AvgIpc) is 3.46. The third-order valence-electron chi connectivity index (χ3n) is 5.40. The van der Waals surface area contributed by atoms with Gasteiger partial charge in [0, 0.05) is 25.5 Å². The van der Waals surface area contributed by atoms with Gasteiger partial charge in [0.2, 0.25) is 10.8 Å². The van der Waals surface area contributed by atoms with Crippen LogP contribution in [0.5, 0.6) is 0 Å². The molecule has 1 amide bonds. The zero-order valence-corrected chi connectivity index (χ0v) is 17.0.